The molecule has 43 heavy (non-hydrogen) atoms. The van der Waals surface area contributed by atoms with Crippen LogP contribution in [0, 0.1) is 19.8 Å². The van der Waals surface area contributed by atoms with Gasteiger partial charge in [-0.1, -0.05) is 115 Å². The van der Waals surface area contributed by atoms with Gasteiger partial charge < -0.3 is 20.3 Å². The standard InChI is InChI=1S/C37H58N3O2P/c1-12-14-34(43(25-32-19-15-28(5)16-20-32)26-33-21-17-29(6)18-22-33)38-30(7)24-40(23-13-2)31(8)35(27(3)4)39-36(41)42-37(9,10)11/h15-22,27,34-35,38H,7-8,12-14,23-26H2,1-6,9-11H3,(H,39,41). The van der Waals surface area contributed by atoms with E-state index in [0.29, 0.717) is 12.3 Å². The van der Waals surface area contributed by atoms with Crippen LogP contribution in [0.4, 0.5) is 4.79 Å². The Labute approximate surface area is 264 Å². The first-order chi connectivity index (χ1) is 20.2. The van der Waals surface area contributed by atoms with E-state index in [9.17, 15) is 4.79 Å². The van der Waals surface area contributed by atoms with Crippen LogP contribution in [0.25, 0.3) is 0 Å². The number of carbonyl (C=O) groups excluding carboxylic acids is 1. The van der Waals surface area contributed by atoms with E-state index in [1.807, 2.05) is 20.8 Å². The van der Waals surface area contributed by atoms with E-state index in [-0.39, 0.29) is 12.0 Å². The number of aryl methyl sites for hydroxylation is 2. The number of rotatable bonds is 17. The smallest absolute Gasteiger partial charge is 0.408 e. The molecular formula is C37H58N3O2P. The molecule has 1 amide bonds. The maximum atomic E-state index is 12.7. The molecule has 0 radical (unpaired) electrons. The van der Waals surface area contributed by atoms with Gasteiger partial charge >= 0.3 is 6.09 Å². The molecule has 2 unspecified atom stereocenters. The van der Waals surface area contributed by atoms with Crippen molar-refractivity contribution in [3.05, 3.63) is 95.3 Å². The summed E-state index contributed by atoms with van der Waals surface area (Å²) in [6.45, 7) is 29.0. The Morgan fingerprint density at radius 3 is 1.81 bits per heavy atom. The fourth-order valence-corrected chi connectivity index (χ4v) is 8.02. The molecule has 2 aromatic rings. The van der Waals surface area contributed by atoms with E-state index in [1.165, 1.54) is 22.3 Å². The zero-order chi connectivity index (χ0) is 32.2. The van der Waals surface area contributed by atoms with Crippen molar-refractivity contribution in [2.75, 3.05) is 13.1 Å². The maximum absolute atomic E-state index is 12.7. The molecule has 0 aromatic heterocycles. The van der Waals surface area contributed by atoms with Gasteiger partial charge in [0.2, 0.25) is 0 Å². The average molecular weight is 608 g/mol. The fraction of sp³-hybridized carbons (Fsp3) is 0.541. The van der Waals surface area contributed by atoms with Crippen molar-refractivity contribution >= 4 is 14.0 Å². The molecule has 0 aliphatic heterocycles. The molecule has 0 aliphatic carbocycles. The Bertz CT molecular complexity index is 1100. The van der Waals surface area contributed by atoms with E-state index < -0.39 is 19.6 Å². The number of hydrogen-bond donors (Lipinski definition) is 2. The van der Waals surface area contributed by atoms with Crippen LogP contribution in [0.3, 0.4) is 0 Å². The Morgan fingerprint density at radius 2 is 1.40 bits per heavy atom. The highest BCUT2D eigenvalue weighted by molar-refractivity contribution is 7.56. The minimum atomic E-state index is -0.557. The van der Waals surface area contributed by atoms with Gasteiger partial charge in [0.05, 0.1) is 12.6 Å². The lowest BCUT2D eigenvalue weighted by Crippen LogP contribution is -2.47. The van der Waals surface area contributed by atoms with Crippen LogP contribution < -0.4 is 10.6 Å². The molecule has 0 spiro atoms. The van der Waals surface area contributed by atoms with Crippen molar-refractivity contribution in [3.63, 3.8) is 0 Å². The number of carbonyl (C=O) groups is 1. The third kappa shape index (κ3) is 13.2. The number of amides is 1. The summed E-state index contributed by atoms with van der Waals surface area (Å²) in [5.41, 5.74) is 6.70. The van der Waals surface area contributed by atoms with Gasteiger partial charge in [-0.2, -0.15) is 0 Å². The van der Waals surface area contributed by atoms with E-state index >= 15 is 0 Å². The first-order valence-corrected chi connectivity index (χ1v) is 17.7. The Hall–Kier alpha value is -2.78. The molecule has 0 saturated heterocycles. The molecule has 0 saturated carbocycles. The molecular weight excluding hydrogens is 549 g/mol. The quantitative estimate of drug-likeness (QED) is 0.176. The van der Waals surface area contributed by atoms with Crippen LogP contribution in [-0.2, 0) is 17.1 Å². The van der Waals surface area contributed by atoms with Crippen molar-refractivity contribution in [3.8, 4) is 0 Å². The summed E-state index contributed by atoms with van der Waals surface area (Å²) in [7, 11) is -0.417. The van der Waals surface area contributed by atoms with Crippen molar-refractivity contribution in [2.45, 2.75) is 111 Å². The number of ether oxygens (including phenoxy) is 1. The summed E-state index contributed by atoms with van der Waals surface area (Å²) in [5.74, 6) is 0.498. The molecule has 2 aromatic carbocycles. The predicted molar refractivity (Wildman–Crippen MR) is 187 cm³/mol. The Kier molecular flexibility index (Phi) is 14.8. The van der Waals surface area contributed by atoms with E-state index in [1.54, 1.807) is 0 Å². The van der Waals surface area contributed by atoms with Crippen LogP contribution in [0.1, 0.15) is 90.0 Å². The van der Waals surface area contributed by atoms with Crippen molar-refractivity contribution < 1.29 is 9.53 Å². The first-order valence-electron chi connectivity index (χ1n) is 15.9. The SMILES string of the molecule is C=C(CN(CCC)C(=C)C(NC(=O)OC(C)(C)C)C(C)C)NC(CCC)P(Cc1ccc(C)cc1)Cc1ccc(C)cc1. The summed E-state index contributed by atoms with van der Waals surface area (Å²) in [6, 6.07) is 17.8. The van der Waals surface area contributed by atoms with Gasteiger partial charge in [-0.15, -0.1) is 0 Å². The van der Waals surface area contributed by atoms with Gasteiger partial charge in [-0.25, -0.2) is 4.79 Å². The molecule has 6 heteroatoms. The molecule has 0 fully saturated rings. The summed E-state index contributed by atoms with van der Waals surface area (Å²) in [5, 5.41) is 6.98. The second-order valence-corrected chi connectivity index (χ2v) is 15.6. The predicted octanol–water partition coefficient (Wildman–Crippen LogP) is 9.49. The Balaban J connectivity index is 2.25. The molecule has 5 nitrogen and oxygen atoms in total. The molecule has 0 bridgehead atoms. The minimum absolute atomic E-state index is 0.158. The highest BCUT2D eigenvalue weighted by Gasteiger charge is 2.27. The van der Waals surface area contributed by atoms with Crippen LogP contribution in [0.5, 0.6) is 0 Å². The van der Waals surface area contributed by atoms with Gasteiger partial charge in [-0.3, -0.25) is 0 Å². The molecule has 2 atom stereocenters. The van der Waals surface area contributed by atoms with Gasteiger partial charge in [0, 0.05) is 23.7 Å². The first kappa shape index (κ1) is 36.4. The number of hydrogen-bond acceptors (Lipinski definition) is 4. The summed E-state index contributed by atoms with van der Waals surface area (Å²) in [6.07, 6.45) is 4.87. The Morgan fingerprint density at radius 1 is 0.884 bits per heavy atom. The number of nitrogens with one attached hydrogen (secondary N) is 2. The molecule has 238 valence electrons. The van der Waals surface area contributed by atoms with E-state index in [2.05, 4.69) is 119 Å². The van der Waals surface area contributed by atoms with Gasteiger partial charge in [0.15, 0.2) is 0 Å². The molecule has 0 aliphatic rings. The monoisotopic (exact) mass is 607 g/mol. The van der Waals surface area contributed by atoms with Crippen molar-refractivity contribution in [1.82, 2.24) is 15.5 Å². The number of benzene rings is 2. The topological polar surface area (TPSA) is 53.6 Å². The van der Waals surface area contributed by atoms with E-state index in [0.717, 1.165) is 49.5 Å². The summed E-state index contributed by atoms with van der Waals surface area (Å²) < 4.78 is 5.57. The zero-order valence-corrected chi connectivity index (χ0v) is 29.3. The van der Waals surface area contributed by atoms with Crippen LogP contribution in [-0.4, -0.2) is 41.5 Å². The maximum Gasteiger partial charge on any atom is 0.408 e. The van der Waals surface area contributed by atoms with Crippen molar-refractivity contribution in [1.29, 1.82) is 0 Å². The van der Waals surface area contributed by atoms with Gasteiger partial charge in [0.25, 0.3) is 0 Å². The van der Waals surface area contributed by atoms with Crippen LogP contribution in [0.15, 0.2) is 73.1 Å². The lowest BCUT2D eigenvalue weighted by atomic mass is 10.0. The summed E-state index contributed by atoms with van der Waals surface area (Å²) >= 11 is 0. The number of alkyl carbamates (subject to hydrolysis) is 1. The molecule has 2 N–H and O–H groups in total. The lowest BCUT2D eigenvalue weighted by molar-refractivity contribution is 0.0492. The second-order valence-electron chi connectivity index (χ2n) is 13.2. The van der Waals surface area contributed by atoms with Gasteiger partial charge in [-0.05, 0) is 76.8 Å². The third-order valence-corrected chi connectivity index (χ3v) is 10.2. The molecule has 0 heterocycles. The lowest BCUT2D eigenvalue weighted by Gasteiger charge is -2.36. The van der Waals surface area contributed by atoms with Crippen molar-refractivity contribution in [2.24, 2.45) is 5.92 Å². The van der Waals surface area contributed by atoms with Crippen LogP contribution in [0.2, 0.25) is 0 Å². The average Bonchev–Trinajstić information content (AvgIpc) is 2.92. The summed E-state index contributed by atoms with van der Waals surface area (Å²) in [4.78, 5) is 15.0. The largest absolute Gasteiger partial charge is 0.444 e. The highest BCUT2D eigenvalue weighted by atomic mass is 31.1. The zero-order valence-electron chi connectivity index (χ0n) is 28.4. The number of nitrogens with zero attached hydrogens (tertiary/aromatic N) is 1. The minimum Gasteiger partial charge on any atom is -0.444 e. The van der Waals surface area contributed by atoms with Crippen LogP contribution >= 0.6 is 7.92 Å². The fourth-order valence-electron chi connectivity index (χ4n) is 5.12. The third-order valence-electron chi connectivity index (χ3n) is 7.37. The highest BCUT2D eigenvalue weighted by Crippen LogP contribution is 2.49. The second kappa shape index (κ2) is 17.5. The normalized spacial score (nSPS) is 13.0. The molecule has 2 rings (SSSR count). The van der Waals surface area contributed by atoms with E-state index in [4.69, 9.17) is 4.74 Å². The van der Waals surface area contributed by atoms with Gasteiger partial charge in [0.1, 0.15) is 5.60 Å².